The van der Waals surface area contributed by atoms with Crippen LogP contribution < -0.4 is 10.7 Å². The third kappa shape index (κ3) is 4.88. The van der Waals surface area contributed by atoms with Crippen molar-refractivity contribution in [3.63, 3.8) is 0 Å². The van der Waals surface area contributed by atoms with Crippen LogP contribution in [-0.4, -0.2) is 77.3 Å². The number of nitrogens with one attached hydrogen (secondary N) is 3. The van der Waals surface area contributed by atoms with E-state index in [1.54, 1.807) is 0 Å². The van der Waals surface area contributed by atoms with Crippen molar-refractivity contribution in [3.8, 4) is 17.1 Å². The van der Waals surface area contributed by atoms with Gasteiger partial charge in [-0.2, -0.15) is 0 Å². The number of carbonyl (C=O) groups excluding carboxylic acids is 2. The van der Waals surface area contributed by atoms with Crippen molar-refractivity contribution < 1.29 is 14.7 Å². The summed E-state index contributed by atoms with van der Waals surface area (Å²) in [6.07, 6.45) is 0. The van der Waals surface area contributed by atoms with Crippen LogP contribution in [0.25, 0.3) is 11.3 Å². The van der Waals surface area contributed by atoms with Crippen molar-refractivity contribution in [2.45, 2.75) is 6.54 Å². The van der Waals surface area contributed by atoms with E-state index in [-0.39, 0.29) is 24.2 Å². The highest BCUT2D eigenvalue weighted by Crippen LogP contribution is 2.38. The van der Waals surface area contributed by atoms with Crippen molar-refractivity contribution in [3.05, 3.63) is 76.9 Å². The molecule has 0 atom stereocenters. The van der Waals surface area contributed by atoms with Gasteiger partial charge in [-0.05, 0) is 24.2 Å². The van der Waals surface area contributed by atoms with Gasteiger partial charge in [-0.1, -0.05) is 48.5 Å². The molecule has 0 radical (unpaired) electrons. The lowest BCUT2D eigenvalue weighted by Crippen LogP contribution is -2.52. The van der Waals surface area contributed by atoms with E-state index in [4.69, 9.17) is 0 Å². The average molecular weight is 473 g/mol. The lowest BCUT2D eigenvalue weighted by molar-refractivity contribution is -0.121. The Morgan fingerprint density at radius 2 is 1.77 bits per heavy atom. The van der Waals surface area contributed by atoms with E-state index in [2.05, 4.69) is 37.7 Å². The SMILES string of the molecule is CN1CCN(NCC(=O)NCc2cccc(-c3[nH]c(O)c4c3C(=O)N=C4c3ccccc3)c2)CC1. The van der Waals surface area contributed by atoms with E-state index in [9.17, 15) is 14.7 Å². The van der Waals surface area contributed by atoms with Crippen LogP contribution in [0.5, 0.6) is 5.88 Å². The third-order valence-electron chi connectivity index (χ3n) is 6.36. The molecule has 0 unspecified atom stereocenters. The number of hydrogen-bond acceptors (Lipinski definition) is 6. The minimum absolute atomic E-state index is 0.0860. The number of H-pyrrole nitrogens is 1. The molecular formula is C26H28N6O3. The number of rotatable bonds is 7. The molecule has 1 fully saturated rings. The Balaban J connectivity index is 1.27. The quantitative estimate of drug-likeness (QED) is 0.417. The molecule has 180 valence electrons. The number of aromatic hydroxyl groups is 1. The van der Waals surface area contributed by atoms with Crippen LogP contribution in [0.15, 0.2) is 59.6 Å². The highest BCUT2D eigenvalue weighted by Gasteiger charge is 2.33. The first-order valence-electron chi connectivity index (χ1n) is 11.7. The maximum absolute atomic E-state index is 12.8. The summed E-state index contributed by atoms with van der Waals surface area (Å²) in [6.45, 7) is 4.28. The second kappa shape index (κ2) is 9.83. The van der Waals surface area contributed by atoms with Gasteiger partial charge in [0.1, 0.15) is 0 Å². The van der Waals surface area contributed by atoms with Gasteiger partial charge in [0.15, 0.2) is 5.88 Å². The molecule has 3 aromatic rings. The fourth-order valence-corrected chi connectivity index (χ4v) is 4.41. The molecule has 0 spiro atoms. The maximum Gasteiger partial charge on any atom is 0.280 e. The molecule has 2 aliphatic heterocycles. The summed E-state index contributed by atoms with van der Waals surface area (Å²) in [5, 5.41) is 15.6. The molecule has 0 bridgehead atoms. The molecular weight excluding hydrogens is 444 g/mol. The molecule has 0 aliphatic carbocycles. The minimum Gasteiger partial charge on any atom is -0.494 e. The van der Waals surface area contributed by atoms with E-state index in [1.807, 2.05) is 54.6 Å². The van der Waals surface area contributed by atoms with Crippen LogP contribution >= 0.6 is 0 Å². The van der Waals surface area contributed by atoms with Crippen LogP contribution in [0.4, 0.5) is 0 Å². The molecule has 1 aromatic heterocycles. The van der Waals surface area contributed by atoms with Crippen LogP contribution in [0.3, 0.4) is 0 Å². The van der Waals surface area contributed by atoms with Crippen LogP contribution in [-0.2, 0) is 11.3 Å². The fourth-order valence-electron chi connectivity index (χ4n) is 4.41. The van der Waals surface area contributed by atoms with E-state index >= 15 is 0 Å². The molecule has 1 saturated heterocycles. The Morgan fingerprint density at radius 1 is 1.03 bits per heavy atom. The molecule has 5 rings (SSSR count). The number of amides is 2. The lowest BCUT2D eigenvalue weighted by Gasteiger charge is -2.32. The van der Waals surface area contributed by atoms with Gasteiger partial charge in [-0.25, -0.2) is 15.4 Å². The minimum atomic E-state index is -0.390. The van der Waals surface area contributed by atoms with Gasteiger partial charge in [0.05, 0.1) is 29.1 Å². The first-order chi connectivity index (χ1) is 17.0. The second-order valence-electron chi connectivity index (χ2n) is 8.83. The van der Waals surface area contributed by atoms with Crippen molar-refractivity contribution in [2.75, 3.05) is 39.8 Å². The monoisotopic (exact) mass is 472 g/mol. The number of carbonyl (C=O) groups is 2. The Bertz CT molecular complexity index is 1280. The van der Waals surface area contributed by atoms with Gasteiger partial charge in [-0.3, -0.25) is 9.59 Å². The van der Waals surface area contributed by atoms with Crippen molar-refractivity contribution in [1.82, 2.24) is 25.6 Å². The summed E-state index contributed by atoms with van der Waals surface area (Å²) in [6, 6.07) is 16.9. The predicted octanol–water partition coefficient (Wildman–Crippen LogP) is 1.75. The van der Waals surface area contributed by atoms with E-state index in [0.29, 0.717) is 29.1 Å². The smallest absolute Gasteiger partial charge is 0.280 e. The largest absolute Gasteiger partial charge is 0.494 e. The number of aromatic nitrogens is 1. The van der Waals surface area contributed by atoms with Gasteiger partial charge in [0, 0.05) is 38.3 Å². The Morgan fingerprint density at radius 3 is 2.54 bits per heavy atom. The Kier molecular flexibility index (Phi) is 6.45. The zero-order chi connectivity index (χ0) is 24.4. The molecule has 2 aromatic carbocycles. The highest BCUT2D eigenvalue weighted by molar-refractivity contribution is 6.30. The number of aliphatic imine (C=N–C) groups is 1. The van der Waals surface area contributed by atoms with Crippen molar-refractivity contribution in [1.29, 1.82) is 0 Å². The fraction of sp³-hybridized carbons (Fsp3) is 0.269. The van der Waals surface area contributed by atoms with E-state index < -0.39 is 0 Å². The zero-order valence-electron chi connectivity index (χ0n) is 19.5. The number of likely N-dealkylation sites (N-methyl/N-ethyl adjacent to an activating group) is 1. The number of benzene rings is 2. The van der Waals surface area contributed by atoms with Gasteiger partial charge >= 0.3 is 0 Å². The molecule has 35 heavy (non-hydrogen) atoms. The Labute approximate surface area is 203 Å². The van der Waals surface area contributed by atoms with Crippen molar-refractivity contribution >= 4 is 17.5 Å². The predicted molar refractivity (Wildman–Crippen MR) is 133 cm³/mol. The maximum atomic E-state index is 12.8. The highest BCUT2D eigenvalue weighted by atomic mass is 16.3. The zero-order valence-corrected chi connectivity index (χ0v) is 19.5. The molecule has 4 N–H and O–H groups in total. The summed E-state index contributed by atoms with van der Waals surface area (Å²) in [5.74, 6) is -0.569. The van der Waals surface area contributed by atoms with Crippen LogP contribution in [0.1, 0.15) is 27.0 Å². The lowest BCUT2D eigenvalue weighted by atomic mass is 9.99. The number of hydrogen-bond donors (Lipinski definition) is 4. The number of fused-ring (bicyclic) bond motifs is 1. The van der Waals surface area contributed by atoms with Gasteiger partial charge in [-0.15, -0.1) is 0 Å². The summed E-state index contributed by atoms with van der Waals surface area (Å²) in [4.78, 5) is 34.6. The van der Waals surface area contributed by atoms with Crippen LogP contribution in [0, 0.1) is 0 Å². The molecule has 2 amide bonds. The van der Waals surface area contributed by atoms with Crippen molar-refractivity contribution in [2.24, 2.45) is 4.99 Å². The topological polar surface area (TPSA) is 113 Å². The van der Waals surface area contributed by atoms with Gasteiger partial charge < -0.3 is 20.3 Å². The average Bonchev–Trinajstić information content (AvgIpc) is 3.41. The summed E-state index contributed by atoms with van der Waals surface area (Å²) >= 11 is 0. The van der Waals surface area contributed by atoms with Gasteiger partial charge in [0.2, 0.25) is 5.91 Å². The molecule has 9 heteroatoms. The number of nitrogens with zero attached hydrogens (tertiary/aromatic N) is 3. The summed E-state index contributed by atoms with van der Waals surface area (Å²) < 4.78 is 0. The number of hydrazine groups is 1. The molecule has 3 heterocycles. The number of aromatic amines is 1. The van der Waals surface area contributed by atoms with E-state index in [1.165, 1.54) is 0 Å². The van der Waals surface area contributed by atoms with Crippen LogP contribution in [0.2, 0.25) is 0 Å². The molecule has 0 saturated carbocycles. The molecule has 9 nitrogen and oxygen atoms in total. The number of piperazine rings is 1. The second-order valence-corrected chi connectivity index (χ2v) is 8.83. The first kappa shape index (κ1) is 23.0. The third-order valence-corrected chi connectivity index (χ3v) is 6.36. The van der Waals surface area contributed by atoms with Gasteiger partial charge in [0.25, 0.3) is 5.91 Å². The summed E-state index contributed by atoms with van der Waals surface area (Å²) in [7, 11) is 2.09. The normalized spacial score (nSPS) is 16.3. The molecule has 2 aliphatic rings. The first-order valence-corrected chi connectivity index (χ1v) is 11.7. The Hall–Kier alpha value is -3.79. The standard InChI is InChI=1S/C26H28N6O3/c1-31-10-12-32(13-11-31)28-16-20(33)27-15-17-6-5-9-19(14-17)24-22-21(25(34)30-24)23(29-26(22)35)18-7-3-2-4-8-18/h2-9,14,28,30,34H,10-13,15-16H2,1H3,(H,27,33). The van der Waals surface area contributed by atoms with E-state index in [0.717, 1.165) is 42.9 Å². The summed E-state index contributed by atoms with van der Waals surface area (Å²) in [5.41, 5.74) is 7.32.